The van der Waals surface area contributed by atoms with Crippen LogP contribution in [0.4, 0.5) is 0 Å². The molecule has 1 heterocycles. The number of rotatable bonds is 2. The topological polar surface area (TPSA) is 49.8 Å². The molecule has 0 spiro atoms. The Kier molecular flexibility index (Phi) is 4.78. The fraction of sp³-hybridized carbons (Fsp3) is 0.500. The lowest BCUT2D eigenvalue weighted by atomic mass is 10.1. The van der Waals surface area contributed by atoms with Crippen LogP contribution in [0.15, 0.2) is 35.9 Å². The number of amides is 1. The van der Waals surface area contributed by atoms with Crippen molar-refractivity contribution in [2.75, 3.05) is 19.7 Å². The monoisotopic (exact) mass is 301 g/mol. The third-order valence-electron chi connectivity index (χ3n) is 4.41. The van der Waals surface area contributed by atoms with E-state index in [9.17, 15) is 9.90 Å². The van der Waals surface area contributed by atoms with Crippen molar-refractivity contribution in [1.29, 1.82) is 0 Å². The molecule has 1 atom stereocenters. The number of morpholine rings is 1. The zero-order valence-electron chi connectivity index (χ0n) is 12.8. The average Bonchev–Trinajstić information content (AvgIpc) is 2.83. The van der Waals surface area contributed by atoms with E-state index in [1.165, 1.54) is 12.8 Å². The van der Waals surface area contributed by atoms with Crippen molar-refractivity contribution in [3.8, 4) is 5.75 Å². The molecular formula is C18H23NO3. The Morgan fingerprint density at radius 1 is 1.27 bits per heavy atom. The van der Waals surface area contributed by atoms with Crippen LogP contribution in [0, 0.1) is 0 Å². The maximum atomic E-state index is 12.7. The Balaban J connectivity index is 1.70. The first-order chi connectivity index (χ1) is 10.7. The van der Waals surface area contributed by atoms with E-state index in [1.807, 2.05) is 17.0 Å². The number of benzene rings is 1. The van der Waals surface area contributed by atoms with E-state index in [0.29, 0.717) is 19.7 Å². The second-order valence-electron chi connectivity index (χ2n) is 6.03. The summed E-state index contributed by atoms with van der Waals surface area (Å²) in [5.74, 6) is 0.395. The summed E-state index contributed by atoms with van der Waals surface area (Å²) in [5.41, 5.74) is 1.89. The van der Waals surface area contributed by atoms with E-state index in [2.05, 4.69) is 6.08 Å². The third kappa shape index (κ3) is 3.50. The molecule has 1 fully saturated rings. The van der Waals surface area contributed by atoms with Crippen LogP contribution in [0.3, 0.4) is 0 Å². The van der Waals surface area contributed by atoms with Crippen LogP contribution in [0.2, 0.25) is 0 Å². The second-order valence-corrected chi connectivity index (χ2v) is 6.03. The van der Waals surface area contributed by atoms with Crippen molar-refractivity contribution in [3.63, 3.8) is 0 Å². The first-order valence-corrected chi connectivity index (χ1v) is 8.13. The normalized spacial score (nSPS) is 22.8. The van der Waals surface area contributed by atoms with Crippen LogP contribution in [0.1, 0.15) is 43.8 Å². The highest BCUT2D eigenvalue weighted by molar-refractivity contribution is 5.93. The zero-order valence-corrected chi connectivity index (χ0v) is 12.8. The molecule has 1 aromatic carbocycles. The Morgan fingerprint density at radius 3 is 3.05 bits per heavy atom. The summed E-state index contributed by atoms with van der Waals surface area (Å²) in [6.45, 7) is 1.74. The van der Waals surface area contributed by atoms with Crippen molar-refractivity contribution in [3.05, 3.63) is 41.5 Å². The van der Waals surface area contributed by atoms with Gasteiger partial charge in [0.1, 0.15) is 11.9 Å². The number of nitrogens with zero attached hydrogens (tertiary/aromatic N) is 1. The number of phenols is 1. The van der Waals surface area contributed by atoms with E-state index in [1.54, 1.807) is 12.1 Å². The number of hydrogen-bond acceptors (Lipinski definition) is 3. The molecule has 1 aliphatic heterocycles. The first kappa shape index (κ1) is 15.1. The van der Waals surface area contributed by atoms with Gasteiger partial charge < -0.3 is 14.7 Å². The lowest BCUT2D eigenvalue weighted by Gasteiger charge is -2.33. The average molecular weight is 301 g/mol. The van der Waals surface area contributed by atoms with E-state index < -0.39 is 0 Å². The van der Waals surface area contributed by atoms with Gasteiger partial charge in [-0.2, -0.15) is 0 Å². The first-order valence-electron chi connectivity index (χ1n) is 8.13. The molecule has 0 saturated carbocycles. The van der Waals surface area contributed by atoms with Crippen molar-refractivity contribution in [2.24, 2.45) is 0 Å². The number of aromatic hydroxyl groups is 1. The quantitative estimate of drug-likeness (QED) is 0.912. The second kappa shape index (κ2) is 6.97. The molecule has 4 heteroatoms. The Hall–Kier alpha value is -1.81. The molecule has 1 saturated heterocycles. The number of carbonyl (C=O) groups is 1. The lowest BCUT2D eigenvalue weighted by molar-refractivity contribution is -0.135. The maximum absolute atomic E-state index is 12.7. The van der Waals surface area contributed by atoms with Crippen LogP contribution in [0.25, 0.3) is 0 Å². The van der Waals surface area contributed by atoms with Crippen molar-refractivity contribution in [2.45, 2.75) is 38.2 Å². The highest BCUT2D eigenvalue weighted by atomic mass is 16.5. The van der Waals surface area contributed by atoms with Crippen molar-refractivity contribution < 1.29 is 14.6 Å². The lowest BCUT2D eigenvalue weighted by Crippen LogP contribution is -2.42. The smallest absolute Gasteiger partial charge is 0.249 e. The maximum Gasteiger partial charge on any atom is 0.249 e. The highest BCUT2D eigenvalue weighted by Gasteiger charge is 2.27. The molecule has 2 aliphatic rings. The molecule has 0 bridgehead atoms. The van der Waals surface area contributed by atoms with Gasteiger partial charge in [0, 0.05) is 12.1 Å². The summed E-state index contributed by atoms with van der Waals surface area (Å²) in [7, 11) is 0. The minimum absolute atomic E-state index is 0.156. The Morgan fingerprint density at radius 2 is 2.18 bits per heavy atom. The molecule has 118 valence electrons. The summed E-state index contributed by atoms with van der Waals surface area (Å²) in [6, 6.07) is 7.10. The van der Waals surface area contributed by atoms with Gasteiger partial charge in [0.05, 0.1) is 13.2 Å². The number of phenolic OH excluding ortho intramolecular Hbond substituents is 1. The van der Waals surface area contributed by atoms with Gasteiger partial charge in [0.2, 0.25) is 5.91 Å². The van der Waals surface area contributed by atoms with Gasteiger partial charge in [0.25, 0.3) is 0 Å². The molecule has 0 aromatic heterocycles. The fourth-order valence-corrected chi connectivity index (χ4v) is 3.17. The largest absolute Gasteiger partial charge is 0.508 e. The van der Waals surface area contributed by atoms with Gasteiger partial charge in [-0.05, 0) is 43.4 Å². The Labute approximate surface area is 131 Å². The van der Waals surface area contributed by atoms with E-state index >= 15 is 0 Å². The van der Waals surface area contributed by atoms with Crippen LogP contribution in [-0.4, -0.2) is 35.6 Å². The molecule has 0 radical (unpaired) electrons. The van der Waals surface area contributed by atoms with Gasteiger partial charge in [-0.15, -0.1) is 0 Å². The van der Waals surface area contributed by atoms with Gasteiger partial charge >= 0.3 is 0 Å². The molecular weight excluding hydrogens is 278 g/mol. The minimum atomic E-state index is -0.156. The van der Waals surface area contributed by atoms with E-state index in [0.717, 1.165) is 30.4 Å². The minimum Gasteiger partial charge on any atom is -0.508 e. The van der Waals surface area contributed by atoms with Gasteiger partial charge in [-0.25, -0.2) is 0 Å². The van der Waals surface area contributed by atoms with Crippen LogP contribution >= 0.6 is 0 Å². The Bertz CT molecular complexity index is 567. The van der Waals surface area contributed by atoms with Gasteiger partial charge in [-0.3, -0.25) is 4.79 Å². The third-order valence-corrected chi connectivity index (χ3v) is 4.41. The molecule has 1 aliphatic carbocycles. The number of ether oxygens (including phenoxy) is 1. The SMILES string of the molecule is O=C(C1=CCCCCC1)N1CCOC(c2cccc(O)c2)C1. The molecule has 1 aromatic rings. The number of hydrogen-bond donors (Lipinski definition) is 1. The fourth-order valence-electron chi connectivity index (χ4n) is 3.17. The summed E-state index contributed by atoms with van der Waals surface area (Å²) < 4.78 is 5.79. The van der Waals surface area contributed by atoms with Crippen molar-refractivity contribution >= 4 is 5.91 Å². The zero-order chi connectivity index (χ0) is 15.4. The molecule has 4 nitrogen and oxygen atoms in total. The van der Waals surface area contributed by atoms with Gasteiger partial charge in [-0.1, -0.05) is 24.6 Å². The molecule has 1 amide bonds. The summed E-state index contributed by atoms with van der Waals surface area (Å²) in [4.78, 5) is 14.6. The van der Waals surface area contributed by atoms with Gasteiger partial charge in [0.15, 0.2) is 0 Å². The van der Waals surface area contributed by atoms with Crippen LogP contribution < -0.4 is 0 Å². The highest BCUT2D eigenvalue weighted by Crippen LogP contribution is 2.27. The molecule has 1 N–H and O–H groups in total. The van der Waals surface area contributed by atoms with Crippen LogP contribution in [0.5, 0.6) is 5.75 Å². The van der Waals surface area contributed by atoms with Crippen molar-refractivity contribution in [1.82, 2.24) is 4.90 Å². The summed E-state index contributed by atoms with van der Waals surface area (Å²) >= 11 is 0. The summed E-state index contributed by atoms with van der Waals surface area (Å²) in [5, 5.41) is 9.61. The molecule has 22 heavy (non-hydrogen) atoms. The van der Waals surface area contributed by atoms with E-state index in [4.69, 9.17) is 4.74 Å². The molecule has 3 rings (SSSR count). The predicted octanol–water partition coefficient (Wildman–Crippen LogP) is 3.18. The number of carbonyl (C=O) groups excluding carboxylic acids is 1. The summed E-state index contributed by atoms with van der Waals surface area (Å²) in [6.07, 6.45) is 7.38. The number of allylic oxidation sites excluding steroid dienone is 1. The molecule has 1 unspecified atom stereocenters. The predicted molar refractivity (Wildman–Crippen MR) is 84.5 cm³/mol. The van der Waals surface area contributed by atoms with Crippen LogP contribution in [-0.2, 0) is 9.53 Å². The van der Waals surface area contributed by atoms with E-state index in [-0.39, 0.29) is 17.8 Å². The standard InChI is InChI=1S/C18H23NO3/c20-16-9-5-8-15(12-16)17-13-19(10-11-22-17)18(21)14-6-3-1-2-4-7-14/h5-6,8-9,12,17,20H,1-4,7,10-11,13H2.